The van der Waals surface area contributed by atoms with Crippen molar-refractivity contribution in [3.8, 4) is 0 Å². The number of alkyl halides is 1. The number of hydrogen-bond donors (Lipinski definition) is 1. The molecule has 0 saturated heterocycles. The Bertz CT molecular complexity index is 653. The summed E-state index contributed by atoms with van der Waals surface area (Å²) in [6.07, 6.45) is 6.47. The molecule has 3 nitrogen and oxygen atoms in total. The van der Waals surface area contributed by atoms with Crippen molar-refractivity contribution in [3.63, 3.8) is 0 Å². The molecule has 132 valence electrons. The van der Waals surface area contributed by atoms with E-state index < -0.39 is 22.6 Å². The number of halogens is 1. The third-order valence-electron chi connectivity index (χ3n) is 7.79. The number of ether oxygens (including phenoxy) is 1. The number of aliphatic hydroxyl groups excluding tert-OH is 1. The van der Waals surface area contributed by atoms with Crippen molar-refractivity contribution in [2.75, 3.05) is 7.11 Å². The number of methoxy groups -OCH3 is 1. The van der Waals surface area contributed by atoms with Gasteiger partial charge in [0.25, 0.3) is 0 Å². The number of fused-ring (bicyclic) bond motifs is 5. The number of Topliss-reactive ketones (excluding diaryl/α,β-unsaturated/α-hetero) is 1. The first-order chi connectivity index (χ1) is 11.3. The fourth-order valence-electron chi connectivity index (χ4n) is 6.25. The van der Waals surface area contributed by atoms with Crippen LogP contribution >= 0.6 is 0 Å². The largest absolute Gasteiger partial charge is 0.501 e. The van der Waals surface area contributed by atoms with Gasteiger partial charge in [0.2, 0.25) is 0 Å². The molecule has 0 spiro atoms. The molecule has 4 heteroatoms. The molecule has 24 heavy (non-hydrogen) atoms. The zero-order valence-electron chi connectivity index (χ0n) is 14.8. The van der Waals surface area contributed by atoms with E-state index in [0.717, 1.165) is 17.8 Å². The van der Waals surface area contributed by atoms with Gasteiger partial charge in [0.15, 0.2) is 0 Å². The lowest BCUT2D eigenvalue weighted by molar-refractivity contribution is -0.194. The van der Waals surface area contributed by atoms with Gasteiger partial charge >= 0.3 is 0 Å². The molecule has 0 heterocycles. The lowest BCUT2D eigenvalue weighted by Crippen LogP contribution is -2.66. The fourth-order valence-corrected chi connectivity index (χ4v) is 6.25. The van der Waals surface area contributed by atoms with E-state index in [1.165, 1.54) is 0 Å². The van der Waals surface area contributed by atoms with Crippen molar-refractivity contribution < 1.29 is 19.0 Å². The molecule has 0 amide bonds. The van der Waals surface area contributed by atoms with Crippen molar-refractivity contribution in [1.82, 2.24) is 0 Å². The molecule has 0 aromatic carbocycles. The van der Waals surface area contributed by atoms with E-state index in [-0.39, 0.29) is 24.0 Å². The smallest absolute Gasteiger partial charge is 0.149 e. The molecule has 0 radical (unpaired) electrons. The Kier molecular flexibility index (Phi) is 3.36. The van der Waals surface area contributed by atoms with Crippen molar-refractivity contribution in [1.29, 1.82) is 0 Å². The first kappa shape index (κ1) is 16.3. The summed E-state index contributed by atoms with van der Waals surface area (Å²) in [6.45, 7) is 3.90. The summed E-state index contributed by atoms with van der Waals surface area (Å²) < 4.78 is 22.0. The van der Waals surface area contributed by atoms with E-state index in [0.29, 0.717) is 25.7 Å². The maximum atomic E-state index is 16.6. The summed E-state index contributed by atoms with van der Waals surface area (Å²) in [4.78, 5) is 12.4. The summed E-state index contributed by atoms with van der Waals surface area (Å²) in [5.74, 6) is 0.857. The van der Waals surface area contributed by atoms with Crippen LogP contribution in [0.25, 0.3) is 0 Å². The summed E-state index contributed by atoms with van der Waals surface area (Å²) in [5.41, 5.74) is -1.97. The maximum absolute atomic E-state index is 16.6. The normalized spacial score (nSPS) is 50.4. The molecular formula is C20H27FO3. The molecule has 0 aromatic heterocycles. The van der Waals surface area contributed by atoms with Crippen LogP contribution in [0, 0.1) is 22.7 Å². The minimum absolute atomic E-state index is 0.0424. The van der Waals surface area contributed by atoms with Crippen LogP contribution in [0.15, 0.2) is 23.5 Å². The summed E-state index contributed by atoms with van der Waals surface area (Å²) in [5, 5.41) is 10.9. The van der Waals surface area contributed by atoms with E-state index in [9.17, 15) is 9.90 Å². The molecule has 0 bridgehead atoms. The summed E-state index contributed by atoms with van der Waals surface area (Å²) >= 11 is 0. The minimum atomic E-state index is -1.67. The molecule has 1 N–H and O–H groups in total. The third-order valence-corrected chi connectivity index (χ3v) is 7.79. The number of carbonyl (C=O) groups is 1. The number of allylic oxidation sites excluding steroid dienone is 4. The molecule has 0 aliphatic heterocycles. The second-order valence-corrected chi connectivity index (χ2v) is 8.62. The van der Waals surface area contributed by atoms with Gasteiger partial charge in [-0.05, 0) is 43.3 Å². The van der Waals surface area contributed by atoms with Gasteiger partial charge in [-0.15, -0.1) is 0 Å². The maximum Gasteiger partial charge on any atom is 0.149 e. The monoisotopic (exact) mass is 334 g/mol. The van der Waals surface area contributed by atoms with E-state index in [1.54, 1.807) is 7.11 Å². The number of hydrogen-bond acceptors (Lipinski definition) is 3. The number of aliphatic hydroxyl groups is 1. The van der Waals surface area contributed by atoms with Gasteiger partial charge in [0, 0.05) is 29.6 Å². The third kappa shape index (κ3) is 1.73. The second-order valence-electron chi connectivity index (χ2n) is 8.62. The highest BCUT2D eigenvalue weighted by Crippen LogP contribution is 2.66. The Labute approximate surface area is 143 Å². The van der Waals surface area contributed by atoms with Gasteiger partial charge in [-0.25, -0.2) is 4.39 Å². The Balaban J connectivity index is 1.82. The summed E-state index contributed by atoms with van der Waals surface area (Å²) in [6, 6.07) is 0. The van der Waals surface area contributed by atoms with Crippen LogP contribution in [0.2, 0.25) is 0 Å². The lowest BCUT2D eigenvalue weighted by Gasteiger charge is -2.60. The molecule has 2 fully saturated rings. The Morgan fingerprint density at radius 2 is 2.04 bits per heavy atom. The van der Waals surface area contributed by atoms with Crippen molar-refractivity contribution in [2.45, 2.75) is 64.1 Å². The molecule has 0 unspecified atom stereocenters. The van der Waals surface area contributed by atoms with E-state index >= 15 is 4.39 Å². The first-order valence-corrected chi connectivity index (χ1v) is 9.13. The average molecular weight is 334 g/mol. The minimum Gasteiger partial charge on any atom is -0.501 e. The van der Waals surface area contributed by atoms with Crippen LogP contribution in [0.1, 0.15) is 52.4 Å². The molecule has 2 saturated carbocycles. The Morgan fingerprint density at radius 1 is 1.29 bits per heavy atom. The zero-order chi connectivity index (χ0) is 17.3. The SMILES string of the molecule is COC1=CC2=CC[C@H]3[C@@H]4CCC(=O)[C@@]4(C)C[C@H](O)[C@]3(F)[C@@]2(C)CC1. The van der Waals surface area contributed by atoms with E-state index in [2.05, 4.69) is 6.08 Å². The van der Waals surface area contributed by atoms with Crippen LogP contribution < -0.4 is 0 Å². The molecule has 6 atom stereocenters. The molecular weight excluding hydrogens is 307 g/mol. The lowest BCUT2D eigenvalue weighted by atomic mass is 9.46. The standard InChI is InChI=1S/C20H27FO3/c1-18-11-17(23)20(21)15(14(18)6-7-16(18)22)5-4-12-10-13(24-3)8-9-19(12,20)2/h4,10,14-15,17,23H,5-9,11H2,1-3H3/t14-,15-,17-,18-,19-,20-/m0/s1. The Hall–Kier alpha value is -1.16. The van der Waals surface area contributed by atoms with Gasteiger partial charge < -0.3 is 9.84 Å². The topological polar surface area (TPSA) is 46.5 Å². The highest BCUT2D eigenvalue weighted by molar-refractivity contribution is 5.87. The number of carbonyl (C=O) groups excluding carboxylic acids is 1. The predicted molar refractivity (Wildman–Crippen MR) is 88.9 cm³/mol. The second kappa shape index (κ2) is 4.94. The molecule has 0 aromatic rings. The molecule has 4 rings (SSSR count). The van der Waals surface area contributed by atoms with Gasteiger partial charge in [0.05, 0.1) is 19.0 Å². The van der Waals surface area contributed by atoms with Crippen LogP contribution in [-0.2, 0) is 9.53 Å². The highest BCUT2D eigenvalue weighted by atomic mass is 19.1. The molecule has 4 aliphatic carbocycles. The van der Waals surface area contributed by atoms with Gasteiger partial charge in [-0.2, -0.15) is 0 Å². The number of ketones is 1. The zero-order valence-corrected chi connectivity index (χ0v) is 14.8. The predicted octanol–water partition coefficient (Wildman–Crippen LogP) is 3.72. The molecule has 4 aliphatic rings. The van der Waals surface area contributed by atoms with Gasteiger partial charge in [0.1, 0.15) is 11.5 Å². The van der Waals surface area contributed by atoms with Crippen molar-refractivity contribution in [2.24, 2.45) is 22.7 Å². The van der Waals surface area contributed by atoms with Crippen LogP contribution in [0.3, 0.4) is 0 Å². The van der Waals surface area contributed by atoms with Crippen LogP contribution in [0.4, 0.5) is 4.39 Å². The van der Waals surface area contributed by atoms with Gasteiger partial charge in [-0.1, -0.05) is 19.9 Å². The average Bonchev–Trinajstić information content (AvgIpc) is 2.83. The quantitative estimate of drug-likeness (QED) is 0.795. The Morgan fingerprint density at radius 3 is 2.75 bits per heavy atom. The van der Waals surface area contributed by atoms with Crippen molar-refractivity contribution >= 4 is 5.78 Å². The van der Waals surface area contributed by atoms with Crippen LogP contribution in [0.5, 0.6) is 0 Å². The first-order valence-electron chi connectivity index (χ1n) is 9.13. The van der Waals surface area contributed by atoms with E-state index in [1.807, 2.05) is 19.9 Å². The van der Waals surface area contributed by atoms with Gasteiger partial charge in [-0.3, -0.25) is 4.79 Å². The van der Waals surface area contributed by atoms with Crippen LogP contribution in [-0.4, -0.2) is 29.8 Å². The van der Waals surface area contributed by atoms with E-state index in [4.69, 9.17) is 4.74 Å². The van der Waals surface area contributed by atoms with Crippen molar-refractivity contribution in [3.05, 3.63) is 23.5 Å². The fraction of sp³-hybridized carbons (Fsp3) is 0.750. The highest BCUT2D eigenvalue weighted by Gasteiger charge is 2.70. The number of rotatable bonds is 1. The summed E-state index contributed by atoms with van der Waals surface area (Å²) in [7, 11) is 1.65.